The molecule has 0 saturated heterocycles. The Bertz CT molecular complexity index is 459. The zero-order chi connectivity index (χ0) is 11.2. The van der Waals surface area contributed by atoms with Gasteiger partial charge in [0.25, 0.3) is 0 Å². The summed E-state index contributed by atoms with van der Waals surface area (Å²) < 4.78 is 6.54. The van der Waals surface area contributed by atoms with Gasteiger partial charge in [0.2, 0.25) is 0 Å². The number of carbonyl (C=O) groups excluding carboxylic acids is 1. The number of ether oxygens (including phenoxy) is 1. The average molecular weight is 238 g/mol. The predicted molar refractivity (Wildman–Crippen MR) is 65.8 cm³/mol. The van der Waals surface area contributed by atoms with Gasteiger partial charge in [-0.25, -0.2) is 0 Å². The summed E-state index contributed by atoms with van der Waals surface area (Å²) in [5, 5.41) is 0. The number of carbonyl (C=O) groups is 1. The zero-order valence-corrected chi connectivity index (χ0v) is 8.74. The van der Waals surface area contributed by atoms with Gasteiger partial charge in [-0.05, 0) is 5.56 Å². The van der Waals surface area contributed by atoms with Gasteiger partial charge >= 0.3 is 35.7 Å². The molecule has 0 saturated carbocycles. The van der Waals surface area contributed by atoms with Crippen molar-refractivity contribution in [2.45, 2.75) is 6.61 Å². The number of benzene rings is 1. The fourth-order valence-electron chi connectivity index (χ4n) is 1.31. The predicted octanol–water partition coefficient (Wildman–Crippen LogP) is 1.51. The van der Waals surface area contributed by atoms with E-state index in [1.54, 1.807) is 24.5 Å². The molecule has 4 heteroatoms. The second-order valence-electron chi connectivity index (χ2n) is 3.32. The second-order valence-corrected chi connectivity index (χ2v) is 3.32. The van der Waals surface area contributed by atoms with E-state index in [0.29, 0.717) is 6.61 Å². The molecule has 0 bridgehead atoms. The van der Waals surface area contributed by atoms with E-state index in [1.807, 2.05) is 36.4 Å². The van der Waals surface area contributed by atoms with Gasteiger partial charge in [-0.2, -0.15) is 4.79 Å². The van der Waals surface area contributed by atoms with E-state index >= 15 is 0 Å². The van der Waals surface area contributed by atoms with E-state index in [1.165, 1.54) is 4.57 Å². The Labute approximate surface area is 122 Å². The molecular weight excluding hydrogens is 225 g/mol. The molecule has 0 spiro atoms. The first kappa shape index (κ1) is 13.9. The van der Waals surface area contributed by atoms with Crippen LogP contribution in [-0.4, -0.2) is 35.7 Å². The monoisotopic (exact) mass is 238 g/mol. The van der Waals surface area contributed by atoms with Crippen LogP contribution in [0.5, 0.6) is 0 Å². The Morgan fingerprint density at radius 2 is 1.59 bits per heavy atom. The summed E-state index contributed by atoms with van der Waals surface area (Å²) in [6.07, 6.45) is 2.95. The van der Waals surface area contributed by atoms with Crippen LogP contribution in [0.4, 0.5) is 4.79 Å². The van der Waals surface area contributed by atoms with E-state index in [2.05, 4.69) is 0 Å². The van der Waals surface area contributed by atoms with Crippen LogP contribution in [0.1, 0.15) is 5.56 Å². The SMILES string of the molecule is O=C(OCc1ccccc1)[n+]1ccccc1.[NaH]. The third-order valence-electron chi connectivity index (χ3n) is 2.13. The number of nitrogens with zero attached hydrogens (tertiary/aromatic N) is 1. The van der Waals surface area contributed by atoms with E-state index in [9.17, 15) is 4.79 Å². The Morgan fingerprint density at radius 3 is 2.24 bits per heavy atom. The molecule has 0 fully saturated rings. The molecule has 2 rings (SSSR count). The van der Waals surface area contributed by atoms with Crippen LogP contribution in [0.15, 0.2) is 60.9 Å². The van der Waals surface area contributed by atoms with Crippen molar-refractivity contribution < 1.29 is 14.1 Å². The summed E-state index contributed by atoms with van der Waals surface area (Å²) in [6.45, 7) is 0.293. The summed E-state index contributed by atoms with van der Waals surface area (Å²) in [6, 6.07) is 15.0. The van der Waals surface area contributed by atoms with Gasteiger partial charge in [0, 0.05) is 12.1 Å². The Morgan fingerprint density at radius 1 is 1.00 bits per heavy atom. The van der Waals surface area contributed by atoms with Crippen LogP contribution >= 0.6 is 0 Å². The third-order valence-corrected chi connectivity index (χ3v) is 2.13. The van der Waals surface area contributed by atoms with Crippen LogP contribution in [0, 0.1) is 0 Å². The third kappa shape index (κ3) is 4.30. The molecule has 1 aromatic heterocycles. The summed E-state index contributed by atoms with van der Waals surface area (Å²) in [4.78, 5) is 11.6. The molecule has 0 aliphatic carbocycles. The van der Waals surface area contributed by atoms with E-state index in [-0.39, 0.29) is 35.7 Å². The molecule has 1 aromatic carbocycles. The maximum atomic E-state index is 11.6. The standard InChI is InChI=1S/C13H12NO2.Na.H/c15-13(14-9-5-2-6-10-14)16-11-12-7-3-1-4-8-12;;/h1-10H,11H2;;/q+1;;. The topological polar surface area (TPSA) is 30.2 Å². The number of rotatable bonds is 2. The van der Waals surface area contributed by atoms with Gasteiger partial charge in [-0.3, -0.25) is 0 Å². The normalized spacial score (nSPS) is 9.18. The Kier molecular flexibility index (Phi) is 5.91. The van der Waals surface area contributed by atoms with Crippen LogP contribution in [0.2, 0.25) is 0 Å². The molecule has 0 amide bonds. The molecule has 0 atom stereocenters. The van der Waals surface area contributed by atoms with Gasteiger partial charge in [-0.1, -0.05) is 41.0 Å². The summed E-state index contributed by atoms with van der Waals surface area (Å²) >= 11 is 0. The van der Waals surface area contributed by atoms with Crippen molar-refractivity contribution in [3.05, 3.63) is 66.5 Å². The van der Waals surface area contributed by atoms with Crippen LogP contribution < -0.4 is 4.57 Å². The van der Waals surface area contributed by atoms with Crippen molar-refractivity contribution >= 4 is 35.7 Å². The molecule has 0 aliphatic heterocycles. The van der Waals surface area contributed by atoms with Gasteiger partial charge < -0.3 is 4.74 Å². The molecule has 3 nitrogen and oxygen atoms in total. The van der Waals surface area contributed by atoms with Crippen molar-refractivity contribution in [3.63, 3.8) is 0 Å². The fourth-order valence-corrected chi connectivity index (χ4v) is 1.31. The zero-order valence-electron chi connectivity index (χ0n) is 8.74. The quantitative estimate of drug-likeness (QED) is 0.586. The number of pyridine rings is 1. The van der Waals surface area contributed by atoms with Gasteiger partial charge in [0.15, 0.2) is 12.4 Å². The van der Waals surface area contributed by atoms with Crippen LogP contribution in [0.3, 0.4) is 0 Å². The van der Waals surface area contributed by atoms with E-state index in [4.69, 9.17) is 4.74 Å². The number of aromatic nitrogens is 1. The molecule has 0 N–H and O–H groups in total. The van der Waals surface area contributed by atoms with E-state index < -0.39 is 0 Å². The molecule has 2 aromatic rings. The Hall–Kier alpha value is -1.16. The molecular formula is C13H13NNaO2+. The van der Waals surface area contributed by atoms with Gasteiger partial charge in [0.05, 0.1) is 0 Å². The summed E-state index contributed by atoms with van der Waals surface area (Å²) in [5.41, 5.74) is 0.979. The second kappa shape index (κ2) is 7.22. The number of hydrogen-bond acceptors (Lipinski definition) is 2. The average Bonchev–Trinajstić information content (AvgIpc) is 2.38. The molecule has 0 aliphatic rings. The molecule has 1 heterocycles. The fraction of sp³-hybridized carbons (Fsp3) is 0.0769. The van der Waals surface area contributed by atoms with Crippen molar-refractivity contribution in [1.82, 2.24) is 0 Å². The minimum absolute atomic E-state index is 0. The van der Waals surface area contributed by atoms with Crippen molar-refractivity contribution in [2.75, 3.05) is 0 Å². The van der Waals surface area contributed by atoms with Crippen LogP contribution in [0.25, 0.3) is 0 Å². The maximum absolute atomic E-state index is 11.6. The van der Waals surface area contributed by atoms with Gasteiger partial charge in [-0.15, -0.1) is 0 Å². The van der Waals surface area contributed by atoms with Crippen LogP contribution in [-0.2, 0) is 11.3 Å². The Balaban J connectivity index is 0.00000144. The van der Waals surface area contributed by atoms with E-state index in [0.717, 1.165) is 5.56 Å². The molecule has 17 heavy (non-hydrogen) atoms. The van der Waals surface area contributed by atoms with Gasteiger partial charge in [0.1, 0.15) is 6.61 Å². The first-order valence-electron chi connectivity index (χ1n) is 5.03. The van der Waals surface area contributed by atoms with Crippen molar-refractivity contribution in [1.29, 1.82) is 0 Å². The molecule has 0 radical (unpaired) electrons. The first-order valence-corrected chi connectivity index (χ1v) is 5.03. The van der Waals surface area contributed by atoms with Crippen molar-refractivity contribution in [3.8, 4) is 0 Å². The first-order chi connectivity index (χ1) is 7.86. The molecule has 82 valence electrons. The number of hydrogen-bond donors (Lipinski definition) is 0. The minimum atomic E-state index is -0.371. The summed E-state index contributed by atoms with van der Waals surface area (Å²) in [7, 11) is 0. The molecule has 0 unspecified atom stereocenters. The summed E-state index contributed by atoms with van der Waals surface area (Å²) in [5.74, 6) is 0. The van der Waals surface area contributed by atoms with Crippen molar-refractivity contribution in [2.24, 2.45) is 0 Å².